The number of para-hydroxylation sites is 2. The van der Waals surface area contributed by atoms with Crippen molar-refractivity contribution in [2.45, 2.75) is 72.5 Å². The predicted molar refractivity (Wildman–Crippen MR) is 132 cm³/mol. The van der Waals surface area contributed by atoms with E-state index < -0.39 is 11.6 Å². The lowest BCUT2D eigenvalue weighted by atomic mass is 10.0. The molecule has 0 aliphatic carbocycles. The molecule has 188 valence electrons. The van der Waals surface area contributed by atoms with Crippen molar-refractivity contribution in [2.24, 2.45) is 0 Å². The molecule has 2 heterocycles. The van der Waals surface area contributed by atoms with Crippen LogP contribution in [0.15, 0.2) is 40.8 Å². The van der Waals surface area contributed by atoms with E-state index in [1.54, 1.807) is 24.3 Å². The number of nitrogens with one attached hydrogen (secondary N) is 1. The molecule has 0 spiro atoms. The number of tetrazole rings is 1. The molecule has 0 saturated carbocycles. The number of ether oxygens (including phenoxy) is 1. The van der Waals surface area contributed by atoms with Crippen LogP contribution in [0, 0.1) is 6.92 Å². The number of anilines is 1. The molecule has 0 fully saturated rings. The SMILES string of the molecule is CCCC(C(=O)NC(C)(C)C)N(C(=O)Cn1nnc(-c2ccc(C)o2)n1)c1ccccc1OCC. The van der Waals surface area contributed by atoms with Crippen molar-refractivity contribution in [1.82, 2.24) is 25.5 Å². The van der Waals surface area contributed by atoms with Gasteiger partial charge in [-0.3, -0.25) is 14.5 Å². The number of aryl methyl sites for hydroxylation is 1. The van der Waals surface area contributed by atoms with Gasteiger partial charge < -0.3 is 14.5 Å². The minimum Gasteiger partial charge on any atom is -0.492 e. The van der Waals surface area contributed by atoms with E-state index in [1.807, 2.05) is 53.7 Å². The van der Waals surface area contributed by atoms with Crippen LogP contribution in [0.4, 0.5) is 5.69 Å². The molecular weight excluding hydrogens is 448 g/mol. The van der Waals surface area contributed by atoms with E-state index in [-0.39, 0.29) is 24.2 Å². The van der Waals surface area contributed by atoms with Gasteiger partial charge in [0.1, 0.15) is 24.1 Å². The van der Waals surface area contributed by atoms with Crippen LogP contribution >= 0.6 is 0 Å². The second-order valence-corrected chi connectivity index (χ2v) is 9.26. The number of hydrogen-bond donors (Lipinski definition) is 1. The molecule has 3 rings (SSSR count). The first kappa shape index (κ1) is 25.9. The van der Waals surface area contributed by atoms with Crippen LogP contribution < -0.4 is 15.0 Å². The van der Waals surface area contributed by atoms with Crippen LogP contribution in [0.2, 0.25) is 0 Å². The van der Waals surface area contributed by atoms with Crippen molar-refractivity contribution in [1.29, 1.82) is 0 Å². The van der Waals surface area contributed by atoms with Crippen LogP contribution in [0.5, 0.6) is 5.75 Å². The van der Waals surface area contributed by atoms with E-state index in [1.165, 1.54) is 9.70 Å². The Balaban J connectivity index is 1.98. The summed E-state index contributed by atoms with van der Waals surface area (Å²) < 4.78 is 11.4. The molecule has 0 aliphatic heterocycles. The highest BCUT2D eigenvalue weighted by molar-refractivity contribution is 6.01. The Kier molecular flexibility index (Phi) is 8.26. The fourth-order valence-corrected chi connectivity index (χ4v) is 3.67. The Hall–Kier alpha value is -3.69. The normalized spacial score (nSPS) is 12.3. The summed E-state index contributed by atoms with van der Waals surface area (Å²) in [6, 6.07) is 10.0. The molecule has 10 nitrogen and oxygen atoms in total. The van der Waals surface area contributed by atoms with Crippen molar-refractivity contribution < 1.29 is 18.7 Å². The number of amides is 2. The molecule has 0 saturated heterocycles. The van der Waals surface area contributed by atoms with Crippen LogP contribution in [-0.4, -0.2) is 50.2 Å². The summed E-state index contributed by atoms with van der Waals surface area (Å²) >= 11 is 0. The lowest BCUT2D eigenvalue weighted by Crippen LogP contribution is -2.54. The van der Waals surface area contributed by atoms with Gasteiger partial charge in [-0.1, -0.05) is 25.5 Å². The third kappa shape index (κ3) is 6.68. The number of aromatic nitrogens is 4. The fraction of sp³-hybridized carbons (Fsp3) is 0.480. The molecule has 0 bridgehead atoms. The minimum absolute atomic E-state index is 0.212. The van der Waals surface area contributed by atoms with Gasteiger partial charge in [0.15, 0.2) is 5.76 Å². The van der Waals surface area contributed by atoms with Gasteiger partial charge in [0.05, 0.1) is 12.3 Å². The Labute approximate surface area is 205 Å². The second kappa shape index (κ2) is 11.2. The summed E-state index contributed by atoms with van der Waals surface area (Å²) in [7, 11) is 0. The summed E-state index contributed by atoms with van der Waals surface area (Å²) in [6.45, 7) is 11.6. The molecule has 0 aliphatic rings. The zero-order chi connectivity index (χ0) is 25.6. The van der Waals surface area contributed by atoms with Gasteiger partial charge in [-0.15, -0.1) is 10.2 Å². The highest BCUT2D eigenvalue weighted by Gasteiger charge is 2.34. The van der Waals surface area contributed by atoms with Gasteiger partial charge in [-0.25, -0.2) is 0 Å². The van der Waals surface area contributed by atoms with E-state index in [0.717, 1.165) is 5.76 Å². The average Bonchev–Trinajstić information content (AvgIpc) is 3.42. The summed E-state index contributed by atoms with van der Waals surface area (Å²) in [5, 5.41) is 15.3. The van der Waals surface area contributed by atoms with Gasteiger partial charge in [0.25, 0.3) is 5.91 Å². The Morgan fingerprint density at radius 2 is 1.91 bits per heavy atom. The number of nitrogens with zero attached hydrogens (tertiary/aromatic N) is 5. The third-order valence-electron chi connectivity index (χ3n) is 5.06. The topological polar surface area (TPSA) is 115 Å². The molecule has 35 heavy (non-hydrogen) atoms. The zero-order valence-corrected chi connectivity index (χ0v) is 21.2. The molecule has 1 aromatic carbocycles. The molecule has 1 unspecified atom stereocenters. The number of furan rings is 1. The lowest BCUT2D eigenvalue weighted by molar-refractivity contribution is -0.128. The molecular formula is C25H34N6O4. The number of hydrogen-bond acceptors (Lipinski definition) is 7. The van der Waals surface area contributed by atoms with Crippen molar-refractivity contribution in [2.75, 3.05) is 11.5 Å². The molecule has 3 aromatic rings. The summed E-state index contributed by atoms with van der Waals surface area (Å²) in [5.41, 5.74) is 0.0599. The first-order chi connectivity index (χ1) is 16.6. The van der Waals surface area contributed by atoms with Crippen molar-refractivity contribution in [3.63, 3.8) is 0 Å². The van der Waals surface area contributed by atoms with Crippen LogP contribution in [0.1, 0.15) is 53.2 Å². The molecule has 1 atom stereocenters. The van der Waals surface area contributed by atoms with E-state index in [9.17, 15) is 9.59 Å². The monoisotopic (exact) mass is 482 g/mol. The number of rotatable bonds is 10. The van der Waals surface area contributed by atoms with E-state index >= 15 is 0 Å². The maximum Gasteiger partial charge on any atom is 0.251 e. The lowest BCUT2D eigenvalue weighted by Gasteiger charge is -2.34. The Bertz CT molecular complexity index is 1150. The minimum atomic E-state index is -0.746. The van der Waals surface area contributed by atoms with Gasteiger partial charge in [0.2, 0.25) is 11.7 Å². The largest absolute Gasteiger partial charge is 0.492 e. The standard InChI is InChI=1S/C25H34N6O4/c1-7-11-19(24(33)26-25(4,5)6)31(18-12-9-10-13-20(18)34-8-2)22(32)16-30-28-23(27-29-30)21-15-14-17(3)35-21/h9-10,12-15,19H,7-8,11,16H2,1-6H3,(H,26,33). The van der Waals surface area contributed by atoms with E-state index in [2.05, 4.69) is 20.7 Å². The summed E-state index contributed by atoms with van der Waals surface area (Å²) in [5.74, 6) is 1.39. The average molecular weight is 483 g/mol. The van der Waals surface area contributed by atoms with Crippen LogP contribution in [-0.2, 0) is 16.1 Å². The summed E-state index contributed by atoms with van der Waals surface area (Å²) in [6.07, 6.45) is 1.17. The van der Waals surface area contributed by atoms with Gasteiger partial charge in [-0.05, 0) is 70.5 Å². The molecule has 0 radical (unpaired) electrons. The molecule has 1 N–H and O–H groups in total. The van der Waals surface area contributed by atoms with Crippen molar-refractivity contribution in [3.05, 3.63) is 42.2 Å². The quantitative estimate of drug-likeness (QED) is 0.468. The molecule has 10 heteroatoms. The maximum atomic E-state index is 13.7. The Morgan fingerprint density at radius 3 is 2.54 bits per heavy atom. The van der Waals surface area contributed by atoms with Crippen LogP contribution in [0.25, 0.3) is 11.6 Å². The predicted octanol–water partition coefficient (Wildman–Crippen LogP) is 3.76. The maximum absolute atomic E-state index is 13.7. The first-order valence-electron chi connectivity index (χ1n) is 11.8. The smallest absolute Gasteiger partial charge is 0.251 e. The van der Waals surface area contributed by atoms with Gasteiger partial charge in [-0.2, -0.15) is 4.80 Å². The number of benzene rings is 1. The van der Waals surface area contributed by atoms with Crippen molar-refractivity contribution >= 4 is 17.5 Å². The zero-order valence-electron chi connectivity index (χ0n) is 21.2. The van der Waals surface area contributed by atoms with E-state index in [0.29, 0.717) is 36.6 Å². The molecule has 2 amide bonds. The Morgan fingerprint density at radius 1 is 1.17 bits per heavy atom. The fourth-order valence-electron chi connectivity index (χ4n) is 3.67. The first-order valence-corrected chi connectivity index (χ1v) is 11.8. The highest BCUT2D eigenvalue weighted by atomic mass is 16.5. The van der Waals surface area contributed by atoms with Gasteiger partial charge >= 0.3 is 0 Å². The van der Waals surface area contributed by atoms with Crippen LogP contribution in [0.3, 0.4) is 0 Å². The van der Waals surface area contributed by atoms with E-state index in [4.69, 9.17) is 9.15 Å². The number of carbonyl (C=O) groups is 2. The molecule has 2 aromatic heterocycles. The second-order valence-electron chi connectivity index (χ2n) is 9.26. The summed E-state index contributed by atoms with van der Waals surface area (Å²) in [4.78, 5) is 29.8. The van der Waals surface area contributed by atoms with Gasteiger partial charge in [0, 0.05) is 5.54 Å². The van der Waals surface area contributed by atoms with Crippen molar-refractivity contribution in [3.8, 4) is 17.3 Å². The highest BCUT2D eigenvalue weighted by Crippen LogP contribution is 2.31. The number of carbonyl (C=O) groups excluding carboxylic acids is 2. The third-order valence-corrected chi connectivity index (χ3v) is 5.06.